The lowest BCUT2D eigenvalue weighted by Crippen LogP contribution is -2.32. The summed E-state index contributed by atoms with van der Waals surface area (Å²) in [6, 6.07) is 13.3. The maximum absolute atomic E-state index is 13.3. The zero-order valence-corrected chi connectivity index (χ0v) is 20.0. The number of amides is 1. The van der Waals surface area contributed by atoms with E-state index in [1.54, 1.807) is 19.1 Å². The van der Waals surface area contributed by atoms with E-state index in [0.717, 1.165) is 65.6 Å². The largest absolute Gasteiger partial charge is 0.493 e. The van der Waals surface area contributed by atoms with Crippen molar-refractivity contribution in [1.29, 1.82) is 0 Å². The molecule has 5 rings (SSSR count). The van der Waals surface area contributed by atoms with Gasteiger partial charge in [-0.2, -0.15) is 0 Å². The number of para-hydroxylation sites is 1. The minimum absolute atomic E-state index is 0.139. The second-order valence-corrected chi connectivity index (χ2v) is 8.78. The van der Waals surface area contributed by atoms with Gasteiger partial charge in [-0.1, -0.05) is 24.3 Å². The van der Waals surface area contributed by atoms with Crippen LogP contribution in [0.15, 0.2) is 42.5 Å². The van der Waals surface area contributed by atoms with Gasteiger partial charge in [0.05, 0.1) is 31.0 Å². The topological polar surface area (TPSA) is 78.0 Å². The van der Waals surface area contributed by atoms with Gasteiger partial charge < -0.3 is 19.1 Å². The predicted octanol–water partition coefficient (Wildman–Crippen LogP) is 4.52. The molecule has 0 bridgehead atoms. The number of pyridine rings is 1. The summed E-state index contributed by atoms with van der Waals surface area (Å²) >= 11 is 0. The molecular formula is C28H28N2O5. The molecule has 1 amide bonds. The van der Waals surface area contributed by atoms with Crippen LogP contribution in [0.1, 0.15) is 46.4 Å². The first-order valence-corrected chi connectivity index (χ1v) is 11.9. The van der Waals surface area contributed by atoms with Crippen LogP contribution in [0.2, 0.25) is 0 Å². The van der Waals surface area contributed by atoms with Crippen LogP contribution < -0.4 is 9.47 Å². The molecule has 3 aromatic rings. The Balaban J connectivity index is 1.49. The molecule has 1 aliphatic heterocycles. The summed E-state index contributed by atoms with van der Waals surface area (Å²) in [7, 11) is 3.22. The summed E-state index contributed by atoms with van der Waals surface area (Å²) in [5, 5.41) is 0.747. The number of carbonyl (C=O) groups excluding carboxylic acids is 2. The van der Waals surface area contributed by atoms with Crippen molar-refractivity contribution in [1.82, 2.24) is 9.88 Å². The molecular weight excluding hydrogens is 444 g/mol. The molecule has 0 spiro atoms. The summed E-state index contributed by atoms with van der Waals surface area (Å²) in [6.07, 6.45) is 5.49. The van der Waals surface area contributed by atoms with Gasteiger partial charge in [-0.05, 0) is 66.7 Å². The molecule has 7 nitrogen and oxygen atoms in total. The molecule has 1 aliphatic carbocycles. The molecule has 35 heavy (non-hydrogen) atoms. The Kier molecular flexibility index (Phi) is 6.40. The minimum Gasteiger partial charge on any atom is -0.493 e. The number of esters is 1. The molecule has 0 unspecified atom stereocenters. The van der Waals surface area contributed by atoms with Gasteiger partial charge in [-0.15, -0.1) is 0 Å². The van der Waals surface area contributed by atoms with Crippen molar-refractivity contribution in [3.63, 3.8) is 0 Å². The maximum atomic E-state index is 13.3. The van der Waals surface area contributed by atoms with Crippen LogP contribution in [0, 0.1) is 0 Å². The number of aromatic nitrogens is 1. The van der Waals surface area contributed by atoms with Crippen LogP contribution in [0.4, 0.5) is 0 Å². The number of benzene rings is 2. The highest BCUT2D eigenvalue weighted by Gasteiger charge is 2.28. The first kappa shape index (κ1) is 22.9. The quantitative estimate of drug-likeness (QED) is 0.491. The Labute approximate surface area is 204 Å². The van der Waals surface area contributed by atoms with Crippen LogP contribution in [0.25, 0.3) is 22.6 Å². The minimum atomic E-state index is -0.472. The Morgan fingerprint density at radius 1 is 1.00 bits per heavy atom. The van der Waals surface area contributed by atoms with Gasteiger partial charge in [0.15, 0.2) is 18.1 Å². The molecule has 0 radical (unpaired) electrons. The normalized spacial score (nSPS) is 15.9. The Morgan fingerprint density at radius 2 is 1.77 bits per heavy atom. The van der Waals surface area contributed by atoms with Crippen molar-refractivity contribution in [2.75, 3.05) is 33.9 Å². The first-order chi connectivity index (χ1) is 17.1. The monoisotopic (exact) mass is 472 g/mol. The van der Waals surface area contributed by atoms with Gasteiger partial charge in [0.25, 0.3) is 5.91 Å². The number of ether oxygens (including phenoxy) is 3. The van der Waals surface area contributed by atoms with E-state index in [-0.39, 0.29) is 12.5 Å². The van der Waals surface area contributed by atoms with Gasteiger partial charge >= 0.3 is 5.97 Å². The average Bonchev–Trinajstić information content (AvgIpc) is 3.56. The fraction of sp³-hybridized carbons (Fsp3) is 0.321. The third kappa shape index (κ3) is 4.46. The standard InChI is InChI=1S/C28H28N2O5/c1-33-23-12-9-18(16-24(23)34-2)15-19-10-11-21-26(20-7-3-4-8-22(20)29-27(19)21)28(32)35-17-25(31)30-13-5-6-14-30/h3-4,7-9,12,15-16H,5-6,10-11,13-14,17H2,1-2H3/b19-15+. The summed E-state index contributed by atoms with van der Waals surface area (Å²) < 4.78 is 16.3. The van der Waals surface area contributed by atoms with Gasteiger partial charge in [0.1, 0.15) is 0 Å². The van der Waals surface area contributed by atoms with Crippen molar-refractivity contribution in [2.45, 2.75) is 25.7 Å². The van der Waals surface area contributed by atoms with E-state index < -0.39 is 5.97 Å². The number of carbonyl (C=O) groups is 2. The zero-order valence-electron chi connectivity index (χ0n) is 20.0. The highest BCUT2D eigenvalue weighted by atomic mass is 16.5. The molecule has 2 heterocycles. The van der Waals surface area contributed by atoms with Crippen molar-refractivity contribution < 1.29 is 23.8 Å². The van der Waals surface area contributed by atoms with E-state index >= 15 is 0 Å². The zero-order chi connectivity index (χ0) is 24.4. The number of rotatable bonds is 6. The van der Waals surface area contributed by atoms with Crippen molar-refractivity contribution in [3.05, 3.63) is 64.8 Å². The van der Waals surface area contributed by atoms with E-state index in [0.29, 0.717) is 23.5 Å². The van der Waals surface area contributed by atoms with Crippen molar-refractivity contribution in [3.8, 4) is 11.5 Å². The smallest absolute Gasteiger partial charge is 0.339 e. The SMILES string of the molecule is COc1ccc(/C=C2\CCc3c2nc2ccccc2c3C(=O)OCC(=O)N2CCCC2)cc1OC. The Hall–Kier alpha value is -3.87. The molecule has 1 saturated heterocycles. The fourth-order valence-corrected chi connectivity index (χ4v) is 4.91. The molecule has 7 heteroatoms. The Morgan fingerprint density at radius 3 is 2.54 bits per heavy atom. The summed E-state index contributed by atoms with van der Waals surface area (Å²) in [4.78, 5) is 32.4. The highest BCUT2D eigenvalue weighted by molar-refractivity contribution is 6.07. The summed E-state index contributed by atoms with van der Waals surface area (Å²) in [5.74, 6) is 0.706. The molecule has 1 aromatic heterocycles. The molecule has 180 valence electrons. The number of hydrogen-bond acceptors (Lipinski definition) is 6. The van der Waals surface area contributed by atoms with Crippen molar-refractivity contribution in [2.24, 2.45) is 0 Å². The molecule has 0 saturated carbocycles. The van der Waals surface area contributed by atoms with Crippen LogP contribution in [0.5, 0.6) is 11.5 Å². The summed E-state index contributed by atoms with van der Waals surface area (Å²) in [6.45, 7) is 1.22. The maximum Gasteiger partial charge on any atom is 0.339 e. The van der Waals surface area contributed by atoms with E-state index in [1.165, 1.54) is 0 Å². The van der Waals surface area contributed by atoms with Gasteiger partial charge in [-0.25, -0.2) is 9.78 Å². The molecule has 2 aliphatic rings. The molecule has 1 fully saturated rings. The van der Waals surface area contributed by atoms with Crippen LogP contribution >= 0.6 is 0 Å². The molecule has 2 aromatic carbocycles. The van der Waals surface area contributed by atoms with E-state index in [4.69, 9.17) is 19.2 Å². The van der Waals surface area contributed by atoms with Gasteiger partial charge in [0.2, 0.25) is 0 Å². The lowest BCUT2D eigenvalue weighted by atomic mass is 10.0. The first-order valence-electron chi connectivity index (χ1n) is 11.9. The number of likely N-dealkylation sites (tertiary alicyclic amines) is 1. The third-order valence-corrected chi connectivity index (χ3v) is 6.68. The van der Waals surface area contributed by atoms with Crippen molar-refractivity contribution >= 4 is 34.4 Å². The highest BCUT2D eigenvalue weighted by Crippen LogP contribution is 2.38. The number of allylic oxidation sites excluding steroid dienone is 1. The van der Waals surface area contributed by atoms with Crippen LogP contribution in [-0.2, 0) is 16.0 Å². The van der Waals surface area contributed by atoms with E-state index in [2.05, 4.69) is 6.08 Å². The molecule has 0 N–H and O–H groups in total. The van der Waals surface area contributed by atoms with Crippen LogP contribution in [-0.4, -0.2) is 55.7 Å². The fourth-order valence-electron chi connectivity index (χ4n) is 4.91. The van der Waals surface area contributed by atoms with E-state index in [9.17, 15) is 9.59 Å². The van der Waals surface area contributed by atoms with E-state index in [1.807, 2.05) is 42.5 Å². The average molecular weight is 473 g/mol. The van der Waals surface area contributed by atoms with Gasteiger partial charge in [-0.3, -0.25) is 4.79 Å². The number of methoxy groups -OCH3 is 2. The second kappa shape index (κ2) is 9.78. The lowest BCUT2D eigenvalue weighted by Gasteiger charge is -2.16. The summed E-state index contributed by atoms with van der Waals surface area (Å²) in [5.41, 5.74) is 4.91. The number of hydrogen-bond donors (Lipinski definition) is 0. The predicted molar refractivity (Wildman–Crippen MR) is 134 cm³/mol. The number of fused-ring (bicyclic) bond motifs is 2. The third-order valence-electron chi connectivity index (χ3n) is 6.68. The van der Waals surface area contributed by atoms with Gasteiger partial charge in [0, 0.05) is 18.5 Å². The lowest BCUT2D eigenvalue weighted by molar-refractivity contribution is -0.133. The number of nitrogens with zero attached hydrogens (tertiary/aromatic N) is 2. The van der Waals surface area contributed by atoms with Crippen LogP contribution in [0.3, 0.4) is 0 Å². The second-order valence-electron chi connectivity index (χ2n) is 8.78. The Bertz CT molecular complexity index is 1320. The molecule has 0 atom stereocenters.